The zero-order valence-corrected chi connectivity index (χ0v) is 17.3. The number of ether oxygens (including phenoxy) is 1. The average Bonchev–Trinajstić information content (AvgIpc) is 3.02. The van der Waals surface area contributed by atoms with Gasteiger partial charge in [0.15, 0.2) is 5.82 Å². The van der Waals surface area contributed by atoms with Gasteiger partial charge in [-0.05, 0) is 57.2 Å². The van der Waals surface area contributed by atoms with Gasteiger partial charge in [-0.2, -0.15) is 5.10 Å². The van der Waals surface area contributed by atoms with Crippen LogP contribution in [-0.2, 0) is 16.6 Å². The monoisotopic (exact) mass is 417 g/mol. The van der Waals surface area contributed by atoms with Crippen LogP contribution in [0.4, 0.5) is 0 Å². The summed E-state index contributed by atoms with van der Waals surface area (Å²) in [5.74, 6) is 1.09. The maximum absolute atomic E-state index is 12.4. The smallest absolute Gasteiger partial charge is 0.266 e. The Kier molecular flexibility index (Phi) is 6.14. The summed E-state index contributed by atoms with van der Waals surface area (Å²) >= 11 is 0. The molecular weight excluding hydrogens is 394 g/mol. The molecule has 0 atom stereocenters. The van der Waals surface area contributed by atoms with Crippen LogP contribution in [0.25, 0.3) is 5.82 Å². The molecule has 3 aromatic rings. The minimum absolute atomic E-state index is 0.0169. The van der Waals surface area contributed by atoms with Crippen molar-refractivity contribution in [1.82, 2.24) is 24.3 Å². The Labute approximate surface area is 169 Å². The highest BCUT2D eigenvalue weighted by molar-refractivity contribution is 7.89. The maximum atomic E-state index is 12.4. The quantitative estimate of drug-likeness (QED) is 0.594. The summed E-state index contributed by atoms with van der Waals surface area (Å²) < 4.78 is 35.5. The molecule has 0 amide bonds. The summed E-state index contributed by atoms with van der Waals surface area (Å²) in [6, 6.07) is 11.0. The second-order valence-electron chi connectivity index (χ2n) is 6.39. The van der Waals surface area contributed by atoms with Crippen LogP contribution >= 0.6 is 0 Å². The van der Waals surface area contributed by atoms with E-state index in [1.165, 1.54) is 22.9 Å². The number of rotatable bonds is 8. The Morgan fingerprint density at radius 3 is 2.41 bits per heavy atom. The van der Waals surface area contributed by atoms with Gasteiger partial charge in [0, 0.05) is 18.3 Å². The van der Waals surface area contributed by atoms with Crippen molar-refractivity contribution in [3.63, 3.8) is 0 Å². The van der Waals surface area contributed by atoms with Crippen molar-refractivity contribution in [3.05, 3.63) is 64.2 Å². The topological polar surface area (TPSA) is 108 Å². The highest BCUT2D eigenvalue weighted by Gasteiger charge is 2.14. The Hall–Kier alpha value is -2.98. The fourth-order valence-electron chi connectivity index (χ4n) is 2.82. The Morgan fingerprint density at radius 2 is 1.79 bits per heavy atom. The first-order valence-corrected chi connectivity index (χ1v) is 10.6. The molecule has 0 radical (unpaired) electrons. The molecule has 154 valence electrons. The first kappa shape index (κ1) is 20.7. The molecule has 0 aliphatic heterocycles. The predicted octanol–water partition coefficient (Wildman–Crippen LogP) is 1.42. The van der Waals surface area contributed by atoms with Crippen molar-refractivity contribution in [2.24, 2.45) is 0 Å². The molecule has 0 fully saturated rings. The first-order chi connectivity index (χ1) is 13.8. The molecule has 0 saturated carbocycles. The van der Waals surface area contributed by atoms with E-state index < -0.39 is 10.0 Å². The van der Waals surface area contributed by atoms with Crippen molar-refractivity contribution in [2.45, 2.75) is 32.2 Å². The van der Waals surface area contributed by atoms with Gasteiger partial charge in [0.05, 0.1) is 23.7 Å². The van der Waals surface area contributed by atoms with Gasteiger partial charge in [0.25, 0.3) is 5.56 Å². The van der Waals surface area contributed by atoms with Gasteiger partial charge in [0.1, 0.15) is 5.75 Å². The molecule has 2 aromatic heterocycles. The standard InChI is InChI=1S/C19H23N5O4S/c1-4-28-16-5-7-17(8-6-16)29(26,27)20-11-12-23-19(25)10-9-18(22-23)24-15(3)13-14(2)21-24/h5-10,13,20H,4,11-12H2,1-3H3. The summed E-state index contributed by atoms with van der Waals surface area (Å²) in [5.41, 5.74) is 1.40. The summed E-state index contributed by atoms with van der Waals surface area (Å²) in [5, 5.41) is 8.64. The summed E-state index contributed by atoms with van der Waals surface area (Å²) in [7, 11) is -3.71. The lowest BCUT2D eigenvalue weighted by Gasteiger charge is -2.10. The van der Waals surface area contributed by atoms with Crippen LogP contribution in [0, 0.1) is 13.8 Å². The lowest BCUT2D eigenvalue weighted by molar-refractivity contribution is 0.340. The van der Waals surface area contributed by atoms with Gasteiger partial charge >= 0.3 is 0 Å². The predicted molar refractivity (Wildman–Crippen MR) is 108 cm³/mol. The Balaban J connectivity index is 1.70. The summed E-state index contributed by atoms with van der Waals surface area (Å²) in [6.45, 7) is 6.22. The van der Waals surface area contributed by atoms with E-state index in [1.54, 1.807) is 22.9 Å². The number of hydrogen-bond acceptors (Lipinski definition) is 6. The van der Waals surface area contributed by atoms with Gasteiger partial charge in [-0.15, -0.1) is 5.10 Å². The third-order valence-corrected chi connectivity index (χ3v) is 5.62. The van der Waals surface area contributed by atoms with Crippen LogP contribution in [0.2, 0.25) is 0 Å². The molecule has 10 heteroatoms. The zero-order valence-electron chi connectivity index (χ0n) is 16.5. The van der Waals surface area contributed by atoms with E-state index in [0.29, 0.717) is 18.2 Å². The van der Waals surface area contributed by atoms with Crippen LogP contribution < -0.4 is 15.0 Å². The molecule has 29 heavy (non-hydrogen) atoms. The van der Waals surface area contributed by atoms with Crippen molar-refractivity contribution in [2.75, 3.05) is 13.2 Å². The molecule has 0 aliphatic carbocycles. The molecule has 0 saturated heterocycles. The third-order valence-electron chi connectivity index (χ3n) is 4.14. The van der Waals surface area contributed by atoms with Gasteiger partial charge in [-0.1, -0.05) is 0 Å². The first-order valence-electron chi connectivity index (χ1n) is 9.14. The van der Waals surface area contributed by atoms with Crippen molar-refractivity contribution in [3.8, 4) is 11.6 Å². The average molecular weight is 417 g/mol. The van der Waals surface area contributed by atoms with Gasteiger partial charge in [-0.3, -0.25) is 4.79 Å². The normalized spacial score (nSPS) is 11.6. The van der Waals surface area contributed by atoms with Crippen molar-refractivity contribution >= 4 is 10.0 Å². The summed E-state index contributed by atoms with van der Waals surface area (Å²) in [6.07, 6.45) is 0. The molecule has 1 aromatic carbocycles. The maximum Gasteiger partial charge on any atom is 0.266 e. The van der Waals surface area contributed by atoms with E-state index >= 15 is 0 Å². The number of benzene rings is 1. The zero-order chi connectivity index (χ0) is 21.0. The third kappa shape index (κ3) is 4.90. The van der Waals surface area contributed by atoms with Crippen LogP contribution in [0.3, 0.4) is 0 Å². The molecule has 1 N–H and O–H groups in total. The minimum Gasteiger partial charge on any atom is -0.494 e. The van der Waals surface area contributed by atoms with Crippen LogP contribution in [0.1, 0.15) is 18.3 Å². The van der Waals surface area contributed by atoms with Gasteiger partial charge < -0.3 is 4.74 Å². The number of hydrogen-bond donors (Lipinski definition) is 1. The number of nitrogens with one attached hydrogen (secondary N) is 1. The van der Waals surface area contributed by atoms with Crippen LogP contribution in [-0.4, -0.2) is 41.1 Å². The minimum atomic E-state index is -3.71. The lowest BCUT2D eigenvalue weighted by atomic mass is 10.3. The highest BCUT2D eigenvalue weighted by Crippen LogP contribution is 2.15. The molecule has 2 heterocycles. The van der Waals surface area contributed by atoms with Gasteiger partial charge in [0.2, 0.25) is 10.0 Å². The Morgan fingerprint density at radius 1 is 1.07 bits per heavy atom. The number of sulfonamides is 1. The largest absolute Gasteiger partial charge is 0.494 e. The summed E-state index contributed by atoms with van der Waals surface area (Å²) in [4.78, 5) is 12.2. The van der Waals surface area contributed by atoms with Gasteiger partial charge in [-0.25, -0.2) is 22.5 Å². The molecular formula is C19H23N5O4S. The molecule has 9 nitrogen and oxygen atoms in total. The second kappa shape index (κ2) is 8.58. The molecule has 3 rings (SSSR count). The van der Waals surface area contributed by atoms with E-state index in [0.717, 1.165) is 11.4 Å². The van der Waals surface area contributed by atoms with E-state index in [-0.39, 0.29) is 23.5 Å². The van der Waals surface area contributed by atoms with E-state index in [1.807, 2.05) is 26.8 Å². The SMILES string of the molecule is CCOc1ccc(S(=O)(=O)NCCn2nc(-n3nc(C)cc3C)ccc2=O)cc1. The van der Waals surface area contributed by atoms with Crippen molar-refractivity contribution < 1.29 is 13.2 Å². The van der Waals surface area contributed by atoms with Crippen LogP contribution in [0.15, 0.2) is 52.2 Å². The fourth-order valence-corrected chi connectivity index (χ4v) is 3.84. The number of aryl methyl sites for hydroxylation is 2. The fraction of sp³-hybridized carbons (Fsp3) is 0.316. The van der Waals surface area contributed by atoms with E-state index in [4.69, 9.17) is 4.74 Å². The van der Waals surface area contributed by atoms with Crippen molar-refractivity contribution in [1.29, 1.82) is 0 Å². The molecule has 0 unspecified atom stereocenters. The van der Waals surface area contributed by atoms with E-state index in [9.17, 15) is 13.2 Å². The second-order valence-corrected chi connectivity index (χ2v) is 8.16. The highest BCUT2D eigenvalue weighted by atomic mass is 32.2. The molecule has 0 aliphatic rings. The molecule has 0 bridgehead atoms. The molecule has 0 spiro atoms. The lowest BCUT2D eigenvalue weighted by Crippen LogP contribution is -2.32. The van der Waals surface area contributed by atoms with E-state index in [2.05, 4.69) is 14.9 Å². The Bertz CT molecular complexity index is 1150. The number of nitrogens with zero attached hydrogens (tertiary/aromatic N) is 4. The van der Waals surface area contributed by atoms with Crippen LogP contribution in [0.5, 0.6) is 5.75 Å². The number of aromatic nitrogens is 4.